The molecular weight excluding hydrogens is 343 g/mol. The molecule has 6 nitrogen and oxygen atoms in total. The summed E-state index contributed by atoms with van der Waals surface area (Å²) < 4.78 is 23.9. The number of carbonyl (C=O) groups is 3. The third kappa shape index (κ3) is 3.93. The van der Waals surface area contributed by atoms with Gasteiger partial charge in [0.15, 0.2) is 5.78 Å². The summed E-state index contributed by atoms with van der Waals surface area (Å²) in [6, 6.07) is 5.30. The fraction of sp³-hybridized carbons (Fsp3) is 0.526. The molecule has 0 saturated heterocycles. The van der Waals surface area contributed by atoms with Crippen LogP contribution in [0.25, 0.3) is 0 Å². The van der Waals surface area contributed by atoms with Crippen LogP contribution in [0.15, 0.2) is 24.3 Å². The molecule has 1 saturated carbocycles. The Bertz CT molecular complexity index is 699. The molecule has 26 heavy (non-hydrogen) atoms. The molecule has 0 spiro atoms. The van der Waals surface area contributed by atoms with Gasteiger partial charge in [0.2, 0.25) is 0 Å². The van der Waals surface area contributed by atoms with E-state index in [0.29, 0.717) is 0 Å². The second-order valence-corrected chi connectivity index (χ2v) is 6.54. The van der Waals surface area contributed by atoms with Crippen LogP contribution in [0.1, 0.15) is 38.7 Å². The number of aliphatic hydroxyl groups is 1. The predicted molar refractivity (Wildman–Crippen MR) is 89.6 cm³/mol. The number of ketones is 1. The highest BCUT2D eigenvalue weighted by Gasteiger charge is 2.57. The molecule has 1 aliphatic carbocycles. The SMILES string of the molecule is CCOC(=O)[C@@H]1C(=O)C[C@](C)(O)[C@H](C(=O)OCC)[C@@H]1c1cccc(F)c1. The molecule has 0 aromatic heterocycles. The van der Waals surface area contributed by atoms with Crippen LogP contribution in [0.2, 0.25) is 0 Å². The summed E-state index contributed by atoms with van der Waals surface area (Å²) in [7, 11) is 0. The lowest BCUT2D eigenvalue weighted by Gasteiger charge is -2.43. The van der Waals surface area contributed by atoms with Gasteiger partial charge in [-0.1, -0.05) is 12.1 Å². The van der Waals surface area contributed by atoms with E-state index in [4.69, 9.17) is 9.47 Å². The topological polar surface area (TPSA) is 89.9 Å². The Hall–Kier alpha value is -2.28. The van der Waals surface area contributed by atoms with Gasteiger partial charge in [-0.25, -0.2) is 4.39 Å². The number of rotatable bonds is 5. The molecular formula is C19H23FO6. The highest BCUT2D eigenvalue weighted by atomic mass is 19.1. The lowest BCUT2D eigenvalue weighted by atomic mass is 9.61. The third-order valence-electron chi connectivity index (χ3n) is 4.58. The third-order valence-corrected chi connectivity index (χ3v) is 4.58. The van der Waals surface area contributed by atoms with Crippen molar-refractivity contribution in [2.45, 2.75) is 38.7 Å². The molecule has 0 aliphatic heterocycles. The molecule has 4 atom stereocenters. The van der Waals surface area contributed by atoms with Crippen LogP contribution in [0, 0.1) is 17.7 Å². The van der Waals surface area contributed by atoms with Gasteiger partial charge in [-0.2, -0.15) is 0 Å². The maximum atomic E-state index is 13.8. The van der Waals surface area contributed by atoms with Crippen LogP contribution in [0.5, 0.6) is 0 Å². The molecule has 1 aromatic carbocycles. The average Bonchev–Trinajstić information content (AvgIpc) is 2.53. The first-order valence-corrected chi connectivity index (χ1v) is 8.56. The van der Waals surface area contributed by atoms with Gasteiger partial charge in [-0.3, -0.25) is 14.4 Å². The zero-order valence-electron chi connectivity index (χ0n) is 15.0. The highest BCUT2D eigenvalue weighted by molar-refractivity contribution is 6.02. The molecule has 0 bridgehead atoms. The van der Waals surface area contributed by atoms with Crippen LogP contribution in [0.3, 0.4) is 0 Å². The molecule has 0 radical (unpaired) electrons. The maximum Gasteiger partial charge on any atom is 0.317 e. The molecule has 1 aliphatic rings. The molecule has 0 unspecified atom stereocenters. The van der Waals surface area contributed by atoms with Crippen molar-refractivity contribution < 1.29 is 33.4 Å². The molecule has 0 heterocycles. The van der Waals surface area contributed by atoms with E-state index in [1.165, 1.54) is 25.1 Å². The Balaban J connectivity index is 2.61. The van der Waals surface area contributed by atoms with Crippen molar-refractivity contribution in [3.8, 4) is 0 Å². The molecule has 2 rings (SSSR count). The quantitative estimate of drug-likeness (QED) is 0.633. The Morgan fingerprint density at radius 3 is 2.42 bits per heavy atom. The van der Waals surface area contributed by atoms with Crippen LogP contribution in [-0.4, -0.2) is 41.6 Å². The smallest absolute Gasteiger partial charge is 0.317 e. The maximum absolute atomic E-state index is 13.8. The fourth-order valence-corrected chi connectivity index (χ4v) is 3.59. The van der Waals surface area contributed by atoms with E-state index < -0.39 is 53.3 Å². The van der Waals surface area contributed by atoms with E-state index in [9.17, 15) is 23.9 Å². The number of Topliss-reactive ketones (excluding diaryl/α,β-unsaturated/α-hetero) is 1. The molecule has 0 amide bonds. The fourth-order valence-electron chi connectivity index (χ4n) is 3.59. The largest absolute Gasteiger partial charge is 0.466 e. The van der Waals surface area contributed by atoms with E-state index in [1.54, 1.807) is 13.8 Å². The summed E-state index contributed by atoms with van der Waals surface area (Å²) in [4.78, 5) is 37.6. The number of carbonyl (C=O) groups excluding carboxylic acids is 3. The Labute approximate surface area is 151 Å². The second-order valence-electron chi connectivity index (χ2n) is 6.54. The van der Waals surface area contributed by atoms with Crippen molar-refractivity contribution in [3.05, 3.63) is 35.6 Å². The first kappa shape index (κ1) is 20.0. The van der Waals surface area contributed by atoms with E-state index in [-0.39, 0.29) is 18.8 Å². The normalized spacial score (nSPS) is 28.5. The van der Waals surface area contributed by atoms with E-state index in [1.807, 2.05) is 0 Å². The minimum absolute atomic E-state index is 0.0545. The predicted octanol–water partition coefficient (Wildman–Crippen LogP) is 1.99. The lowest BCUT2D eigenvalue weighted by molar-refractivity contribution is -0.172. The van der Waals surface area contributed by atoms with Gasteiger partial charge < -0.3 is 14.6 Å². The molecule has 1 fully saturated rings. The average molecular weight is 366 g/mol. The van der Waals surface area contributed by atoms with Gasteiger partial charge in [0.05, 0.1) is 24.7 Å². The number of benzene rings is 1. The van der Waals surface area contributed by atoms with Gasteiger partial charge in [-0.15, -0.1) is 0 Å². The summed E-state index contributed by atoms with van der Waals surface area (Å²) in [5.41, 5.74) is -1.47. The molecule has 7 heteroatoms. The molecule has 1 N–H and O–H groups in total. The number of ether oxygens (including phenoxy) is 2. The van der Waals surface area contributed by atoms with Gasteiger partial charge in [0, 0.05) is 12.3 Å². The van der Waals surface area contributed by atoms with Crippen LogP contribution >= 0.6 is 0 Å². The standard InChI is InChI=1S/C19H23FO6/c1-4-25-17(22)15-13(21)10-19(3,24)16(18(23)26-5-2)14(15)11-7-6-8-12(20)9-11/h6-9,14-16,24H,4-5,10H2,1-3H3/t14-,15-,16+,19+/m1/s1. The Kier molecular flexibility index (Phi) is 6.13. The zero-order chi connectivity index (χ0) is 19.5. The first-order valence-electron chi connectivity index (χ1n) is 8.56. The van der Waals surface area contributed by atoms with Crippen LogP contribution in [-0.2, 0) is 23.9 Å². The van der Waals surface area contributed by atoms with E-state index in [0.717, 1.165) is 6.07 Å². The van der Waals surface area contributed by atoms with Gasteiger partial charge in [-0.05, 0) is 38.5 Å². The van der Waals surface area contributed by atoms with Gasteiger partial charge in [0.25, 0.3) is 0 Å². The number of halogens is 1. The van der Waals surface area contributed by atoms with Crippen molar-refractivity contribution in [2.75, 3.05) is 13.2 Å². The highest BCUT2D eigenvalue weighted by Crippen LogP contribution is 2.46. The summed E-state index contributed by atoms with van der Waals surface area (Å²) in [6.07, 6.45) is -0.397. The minimum Gasteiger partial charge on any atom is -0.466 e. The Morgan fingerprint density at radius 1 is 1.23 bits per heavy atom. The summed E-state index contributed by atoms with van der Waals surface area (Å²) >= 11 is 0. The van der Waals surface area contributed by atoms with Crippen LogP contribution in [0.4, 0.5) is 4.39 Å². The lowest BCUT2D eigenvalue weighted by Crippen LogP contribution is -2.55. The van der Waals surface area contributed by atoms with Gasteiger partial charge >= 0.3 is 11.9 Å². The van der Waals surface area contributed by atoms with E-state index >= 15 is 0 Å². The number of hydrogen-bond acceptors (Lipinski definition) is 6. The summed E-state index contributed by atoms with van der Waals surface area (Å²) in [6.45, 7) is 4.68. The second kappa shape index (κ2) is 7.95. The van der Waals surface area contributed by atoms with Crippen molar-refractivity contribution in [1.29, 1.82) is 0 Å². The van der Waals surface area contributed by atoms with Crippen LogP contribution < -0.4 is 0 Å². The number of esters is 2. The minimum atomic E-state index is -1.73. The summed E-state index contributed by atoms with van der Waals surface area (Å²) in [5, 5.41) is 10.8. The van der Waals surface area contributed by atoms with Crippen molar-refractivity contribution in [1.82, 2.24) is 0 Å². The zero-order valence-corrected chi connectivity index (χ0v) is 15.0. The summed E-state index contributed by atoms with van der Waals surface area (Å²) in [5.74, 6) is -6.28. The number of hydrogen-bond donors (Lipinski definition) is 1. The first-order chi connectivity index (χ1) is 12.2. The molecule has 1 aromatic rings. The van der Waals surface area contributed by atoms with Crippen molar-refractivity contribution in [2.24, 2.45) is 11.8 Å². The Morgan fingerprint density at radius 2 is 1.85 bits per heavy atom. The monoisotopic (exact) mass is 366 g/mol. The molecule has 142 valence electrons. The van der Waals surface area contributed by atoms with Crippen molar-refractivity contribution >= 4 is 17.7 Å². The van der Waals surface area contributed by atoms with Crippen molar-refractivity contribution in [3.63, 3.8) is 0 Å². The van der Waals surface area contributed by atoms with E-state index in [2.05, 4.69) is 0 Å². The van der Waals surface area contributed by atoms with Gasteiger partial charge in [0.1, 0.15) is 11.7 Å².